The zero-order valence-electron chi connectivity index (χ0n) is 11.1. The molecule has 20 heavy (non-hydrogen) atoms. The number of amides is 1. The number of carbonyl (C=O) groups is 1. The quantitative estimate of drug-likeness (QED) is 0.899. The van der Waals surface area contributed by atoms with Gasteiger partial charge in [-0.2, -0.15) is 0 Å². The third-order valence-electron chi connectivity index (χ3n) is 3.18. The molecular weight excluding hydrogens is 272 g/mol. The summed E-state index contributed by atoms with van der Waals surface area (Å²) in [5.74, 6) is -0.00490. The van der Waals surface area contributed by atoms with Crippen molar-refractivity contribution in [2.75, 3.05) is 11.9 Å². The van der Waals surface area contributed by atoms with Gasteiger partial charge in [0.1, 0.15) is 0 Å². The van der Waals surface area contributed by atoms with Gasteiger partial charge in [-0.05, 0) is 18.6 Å². The van der Waals surface area contributed by atoms with Crippen LogP contribution in [0.1, 0.15) is 22.7 Å². The van der Waals surface area contributed by atoms with Gasteiger partial charge in [-0.1, -0.05) is 6.07 Å². The first kappa shape index (κ1) is 13.2. The molecule has 1 aliphatic rings. The van der Waals surface area contributed by atoms with Gasteiger partial charge in [0.15, 0.2) is 5.13 Å². The summed E-state index contributed by atoms with van der Waals surface area (Å²) in [6.07, 6.45) is 3.77. The Balaban J connectivity index is 1.55. The van der Waals surface area contributed by atoms with Gasteiger partial charge in [-0.15, -0.1) is 11.3 Å². The number of aromatic nitrogens is 2. The molecule has 0 atom stereocenters. The fraction of sp³-hybridized carbons (Fsp3) is 0.357. The molecule has 0 spiro atoms. The number of nitrogens with one attached hydrogen (secondary N) is 2. The number of thiazole rings is 1. The monoisotopic (exact) mass is 288 g/mol. The lowest BCUT2D eigenvalue weighted by atomic mass is 10.2. The summed E-state index contributed by atoms with van der Waals surface area (Å²) >= 11 is 1.56. The summed E-state index contributed by atoms with van der Waals surface area (Å²) < 4.78 is 0. The van der Waals surface area contributed by atoms with Crippen molar-refractivity contribution < 1.29 is 4.79 Å². The number of fused-ring (bicyclic) bond motifs is 1. The summed E-state index contributed by atoms with van der Waals surface area (Å²) in [6.45, 7) is 1.82. The summed E-state index contributed by atoms with van der Waals surface area (Å²) in [4.78, 5) is 21.8. The Morgan fingerprint density at radius 3 is 3.20 bits per heavy atom. The lowest BCUT2D eigenvalue weighted by molar-refractivity contribution is -0.116. The van der Waals surface area contributed by atoms with E-state index in [1.54, 1.807) is 17.5 Å². The van der Waals surface area contributed by atoms with Crippen LogP contribution in [-0.4, -0.2) is 22.4 Å². The number of pyridine rings is 1. The molecule has 0 unspecified atom stereocenters. The van der Waals surface area contributed by atoms with E-state index in [0.717, 1.165) is 30.9 Å². The first-order valence-corrected chi connectivity index (χ1v) is 7.52. The average molecular weight is 288 g/mol. The van der Waals surface area contributed by atoms with Crippen LogP contribution in [0, 0.1) is 0 Å². The Morgan fingerprint density at radius 1 is 1.45 bits per heavy atom. The van der Waals surface area contributed by atoms with E-state index < -0.39 is 0 Å². The van der Waals surface area contributed by atoms with Crippen molar-refractivity contribution in [1.82, 2.24) is 15.3 Å². The highest BCUT2D eigenvalue weighted by Crippen LogP contribution is 2.25. The Bertz CT molecular complexity index is 573. The van der Waals surface area contributed by atoms with E-state index >= 15 is 0 Å². The smallest absolute Gasteiger partial charge is 0.226 e. The molecule has 104 valence electrons. The molecule has 0 saturated heterocycles. The molecule has 0 bridgehead atoms. The predicted octanol–water partition coefficient (Wildman–Crippen LogP) is 1.76. The fourth-order valence-electron chi connectivity index (χ4n) is 2.15. The van der Waals surface area contributed by atoms with Crippen molar-refractivity contribution in [3.63, 3.8) is 0 Å². The van der Waals surface area contributed by atoms with Gasteiger partial charge in [-0.25, -0.2) is 4.98 Å². The minimum Gasteiger partial charge on any atom is -0.311 e. The van der Waals surface area contributed by atoms with Crippen LogP contribution >= 0.6 is 11.3 Å². The van der Waals surface area contributed by atoms with E-state index in [-0.39, 0.29) is 5.91 Å². The predicted molar refractivity (Wildman–Crippen MR) is 78.7 cm³/mol. The van der Waals surface area contributed by atoms with Crippen LogP contribution in [0.2, 0.25) is 0 Å². The van der Waals surface area contributed by atoms with Crippen molar-refractivity contribution in [1.29, 1.82) is 0 Å². The number of hydrogen-bond acceptors (Lipinski definition) is 5. The molecule has 3 heterocycles. The Hall–Kier alpha value is -1.79. The van der Waals surface area contributed by atoms with Gasteiger partial charge in [-0.3, -0.25) is 9.78 Å². The van der Waals surface area contributed by atoms with Crippen LogP contribution < -0.4 is 10.6 Å². The second-order valence-corrected chi connectivity index (χ2v) is 5.77. The van der Waals surface area contributed by atoms with Gasteiger partial charge >= 0.3 is 0 Å². The van der Waals surface area contributed by atoms with E-state index in [2.05, 4.69) is 20.6 Å². The van der Waals surface area contributed by atoms with Gasteiger partial charge in [0.2, 0.25) is 5.91 Å². The average Bonchev–Trinajstić information content (AvgIpc) is 2.88. The molecular formula is C14H16N4OS. The topological polar surface area (TPSA) is 66.9 Å². The molecule has 6 heteroatoms. The van der Waals surface area contributed by atoms with Crippen molar-refractivity contribution in [2.45, 2.75) is 25.8 Å². The fourth-order valence-corrected chi connectivity index (χ4v) is 3.14. The van der Waals surface area contributed by atoms with Crippen LogP contribution in [-0.2, 0) is 24.2 Å². The van der Waals surface area contributed by atoms with E-state index in [1.807, 2.05) is 18.2 Å². The summed E-state index contributed by atoms with van der Waals surface area (Å²) in [5.41, 5.74) is 2.05. The summed E-state index contributed by atoms with van der Waals surface area (Å²) in [6, 6.07) is 5.74. The molecule has 2 aromatic heterocycles. The maximum Gasteiger partial charge on any atom is 0.226 e. The number of nitrogens with zero attached hydrogens (tertiary/aromatic N) is 2. The number of carbonyl (C=O) groups excluding carboxylic acids is 1. The molecule has 2 N–H and O–H groups in total. The molecule has 2 aromatic rings. The highest BCUT2D eigenvalue weighted by Gasteiger charge is 2.15. The number of anilines is 1. The molecule has 0 aliphatic carbocycles. The SMILES string of the molecule is O=C(CCc1ccccn1)Nc1nc2c(s1)CNCC2. The molecule has 0 saturated carbocycles. The van der Waals surface area contributed by atoms with Crippen molar-refractivity contribution in [3.05, 3.63) is 40.7 Å². The highest BCUT2D eigenvalue weighted by atomic mass is 32.1. The molecule has 0 aromatic carbocycles. The van der Waals surface area contributed by atoms with Crippen molar-refractivity contribution in [2.24, 2.45) is 0 Å². The standard InChI is InChI=1S/C14H16N4OS/c19-13(5-4-10-3-1-2-7-16-10)18-14-17-11-6-8-15-9-12(11)20-14/h1-3,7,15H,4-6,8-9H2,(H,17,18,19). The Kier molecular flexibility index (Phi) is 4.03. The summed E-state index contributed by atoms with van der Waals surface area (Å²) in [7, 11) is 0. The Labute approximate surface area is 121 Å². The van der Waals surface area contributed by atoms with Crippen LogP contribution in [0.25, 0.3) is 0 Å². The summed E-state index contributed by atoms with van der Waals surface area (Å²) in [5, 5.41) is 6.90. The molecule has 3 rings (SSSR count). The molecule has 0 radical (unpaired) electrons. The van der Waals surface area contributed by atoms with Gasteiger partial charge in [0.25, 0.3) is 0 Å². The second-order valence-electron chi connectivity index (χ2n) is 4.68. The minimum absolute atomic E-state index is 0.00490. The highest BCUT2D eigenvalue weighted by molar-refractivity contribution is 7.15. The second kappa shape index (κ2) is 6.11. The first-order valence-electron chi connectivity index (χ1n) is 6.70. The number of rotatable bonds is 4. The van der Waals surface area contributed by atoms with Crippen LogP contribution in [0.5, 0.6) is 0 Å². The molecule has 1 amide bonds. The van der Waals surface area contributed by atoms with Crippen LogP contribution in [0.4, 0.5) is 5.13 Å². The number of hydrogen-bond donors (Lipinski definition) is 2. The van der Waals surface area contributed by atoms with Gasteiger partial charge in [0, 0.05) is 42.7 Å². The van der Waals surface area contributed by atoms with E-state index in [4.69, 9.17) is 0 Å². The third kappa shape index (κ3) is 3.20. The van der Waals surface area contributed by atoms with Crippen molar-refractivity contribution in [3.8, 4) is 0 Å². The van der Waals surface area contributed by atoms with Crippen LogP contribution in [0.15, 0.2) is 24.4 Å². The largest absolute Gasteiger partial charge is 0.311 e. The van der Waals surface area contributed by atoms with Gasteiger partial charge in [0.05, 0.1) is 5.69 Å². The lowest BCUT2D eigenvalue weighted by Crippen LogP contribution is -2.22. The maximum absolute atomic E-state index is 11.9. The van der Waals surface area contributed by atoms with Crippen molar-refractivity contribution >= 4 is 22.4 Å². The minimum atomic E-state index is -0.00490. The van der Waals surface area contributed by atoms with E-state index in [0.29, 0.717) is 18.0 Å². The normalized spacial score (nSPS) is 13.8. The third-order valence-corrected chi connectivity index (χ3v) is 4.20. The molecule has 0 fully saturated rings. The number of aryl methyl sites for hydroxylation is 1. The Morgan fingerprint density at radius 2 is 2.40 bits per heavy atom. The first-order chi connectivity index (χ1) is 9.81. The molecule has 5 nitrogen and oxygen atoms in total. The van der Waals surface area contributed by atoms with Crippen LogP contribution in [0.3, 0.4) is 0 Å². The maximum atomic E-state index is 11.9. The molecule has 1 aliphatic heterocycles. The zero-order valence-corrected chi connectivity index (χ0v) is 11.9. The van der Waals surface area contributed by atoms with E-state index in [9.17, 15) is 4.79 Å². The van der Waals surface area contributed by atoms with Gasteiger partial charge < -0.3 is 10.6 Å². The van der Waals surface area contributed by atoms with E-state index in [1.165, 1.54) is 4.88 Å². The lowest BCUT2D eigenvalue weighted by Gasteiger charge is -2.09. The zero-order chi connectivity index (χ0) is 13.8.